The highest BCUT2D eigenvalue weighted by Gasteiger charge is 2.15. The number of nitrogens with one attached hydrogen (secondary N) is 1. The second kappa shape index (κ2) is 5.05. The molecule has 0 aliphatic carbocycles. The van der Waals surface area contributed by atoms with Crippen LogP contribution in [-0.2, 0) is 13.6 Å². The minimum Gasteiger partial charge on any atom is -0.374 e. The maximum absolute atomic E-state index is 11.0. The number of anilines is 1. The van der Waals surface area contributed by atoms with Gasteiger partial charge in [-0.3, -0.25) is 14.8 Å². The summed E-state index contributed by atoms with van der Waals surface area (Å²) in [6.45, 7) is 4.18. The number of nitro benzene ring substituents is 1. The van der Waals surface area contributed by atoms with E-state index in [0.717, 1.165) is 16.8 Å². The van der Waals surface area contributed by atoms with Crippen molar-refractivity contribution in [2.45, 2.75) is 20.4 Å². The van der Waals surface area contributed by atoms with Crippen LogP contribution in [0.1, 0.15) is 16.8 Å². The average molecular weight is 261 g/mol. The predicted octanol–water partition coefficient (Wildman–Crippen LogP) is 1.95. The van der Waals surface area contributed by atoms with Gasteiger partial charge in [0, 0.05) is 19.3 Å². The fourth-order valence-corrected chi connectivity index (χ4v) is 1.76. The van der Waals surface area contributed by atoms with Crippen LogP contribution in [0.4, 0.5) is 11.4 Å². The zero-order valence-electron chi connectivity index (χ0n) is 11.0. The molecular weight excluding hydrogens is 246 g/mol. The quantitative estimate of drug-likeness (QED) is 0.671. The molecule has 1 heterocycles. The molecule has 7 heteroatoms. The van der Waals surface area contributed by atoms with E-state index < -0.39 is 0 Å². The number of benzene rings is 1. The fourth-order valence-electron chi connectivity index (χ4n) is 1.76. The number of aryl methyl sites for hydroxylation is 3. The zero-order valence-corrected chi connectivity index (χ0v) is 11.0. The zero-order chi connectivity index (χ0) is 14.0. The molecule has 0 aliphatic heterocycles. The highest BCUT2D eigenvalue weighted by Crippen LogP contribution is 2.28. The Hall–Kier alpha value is -2.44. The van der Waals surface area contributed by atoms with Crippen LogP contribution in [0, 0.1) is 24.0 Å². The maximum Gasteiger partial charge on any atom is 0.292 e. The summed E-state index contributed by atoms with van der Waals surface area (Å²) in [6.07, 6.45) is 1.76. The van der Waals surface area contributed by atoms with Gasteiger partial charge in [0.1, 0.15) is 11.4 Å². The molecule has 0 radical (unpaired) electrons. The normalized spacial score (nSPS) is 10.5. The van der Waals surface area contributed by atoms with Crippen molar-refractivity contribution in [1.82, 2.24) is 15.0 Å². The van der Waals surface area contributed by atoms with Crippen molar-refractivity contribution in [3.8, 4) is 0 Å². The molecule has 7 nitrogen and oxygen atoms in total. The summed E-state index contributed by atoms with van der Waals surface area (Å²) in [7, 11) is 1.77. The monoisotopic (exact) mass is 261 g/mol. The van der Waals surface area contributed by atoms with Crippen molar-refractivity contribution < 1.29 is 4.92 Å². The van der Waals surface area contributed by atoms with Gasteiger partial charge in [-0.15, -0.1) is 5.10 Å². The van der Waals surface area contributed by atoms with Crippen LogP contribution >= 0.6 is 0 Å². The molecule has 0 spiro atoms. The molecule has 1 aromatic heterocycles. The number of hydrogen-bond acceptors (Lipinski definition) is 5. The molecule has 0 atom stereocenters. The number of nitrogens with zero attached hydrogens (tertiary/aromatic N) is 4. The molecule has 2 rings (SSSR count). The Morgan fingerprint density at radius 2 is 2.05 bits per heavy atom. The third-order valence-corrected chi connectivity index (χ3v) is 2.92. The van der Waals surface area contributed by atoms with Crippen molar-refractivity contribution in [2.75, 3.05) is 5.32 Å². The van der Waals surface area contributed by atoms with E-state index in [2.05, 4.69) is 15.6 Å². The second-order valence-corrected chi connectivity index (χ2v) is 4.45. The lowest BCUT2D eigenvalue weighted by Gasteiger charge is -2.08. The predicted molar refractivity (Wildman–Crippen MR) is 70.9 cm³/mol. The van der Waals surface area contributed by atoms with Gasteiger partial charge < -0.3 is 5.32 Å². The highest BCUT2D eigenvalue weighted by atomic mass is 16.6. The van der Waals surface area contributed by atoms with Crippen LogP contribution < -0.4 is 5.32 Å². The summed E-state index contributed by atoms with van der Waals surface area (Å²) in [4.78, 5) is 10.7. The van der Waals surface area contributed by atoms with Crippen LogP contribution in [0.25, 0.3) is 0 Å². The molecule has 1 N–H and O–H groups in total. The van der Waals surface area contributed by atoms with Crippen LogP contribution in [0.3, 0.4) is 0 Å². The SMILES string of the molecule is Cc1cc(NCc2cn(C)nn2)c([N+](=O)[O-])cc1C. The first-order valence-electron chi connectivity index (χ1n) is 5.82. The van der Waals surface area contributed by atoms with E-state index in [1.54, 1.807) is 30.1 Å². The van der Waals surface area contributed by atoms with E-state index >= 15 is 0 Å². The summed E-state index contributed by atoms with van der Waals surface area (Å²) in [5.74, 6) is 0. The summed E-state index contributed by atoms with van der Waals surface area (Å²) >= 11 is 0. The van der Waals surface area contributed by atoms with Crippen molar-refractivity contribution in [3.05, 3.63) is 45.3 Å². The van der Waals surface area contributed by atoms with Crippen molar-refractivity contribution >= 4 is 11.4 Å². The van der Waals surface area contributed by atoms with E-state index in [0.29, 0.717) is 12.2 Å². The summed E-state index contributed by atoms with van der Waals surface area (Å²) < 4.78 is 1.59. The Balaban J connectivity index is 2.23. The maximum atomic E-state index is 11.0. The molecule has 0 amide bonds. The molecule has 0 saturated carbocycles. The van der Waals surface area contributed by atoms with Crippen LogP contribution in [-0.4, -0.2) is 19.9 Å². The van der Waals surface area contributed by atoms with E-state index in [9.17, 15) is 10.1 Å². The largest absolute Gasteiger partial charge is 0.374 e. The smallest absolute Gasteiger partial charge is 0.292 e. The Morgan fingerprint density at radius 3 is 2.63 bits per heavy atom. The van der Waals surface area contributed by atoms with Crippen molar-refractivity contribution in [3.63, 3.8) is 0 Å². The number of nitro groups is 1. The first-order chi connectivity index (χ1) is 8.97. The minimum atomic E-state index is -0.383. The first-order valence-corrected chi connectivity index (χ1v) is 5.82. The molecule has 0 unspecified atom stereocenters. The molecule has 0 aliphatic rings. The lowest BCUT2D eigenvalue weighted by atomic mass is 10.1. The van der Waals surface area contributed by atoms with Crippen molar-refractivity contribution in [1.29, 1.82) is 0 Å². The number of rotatable bonds is 4. The first kappa shape index (κ1) is 13.0. The van der Waals surface area contributed by atoms with Crippen molar-refractivity contribution in [2.24, 2.45) is 7.05 Å². The van der Waals surface area contributed by atoms with E-state index in [-0.39, 0.29) is 10.6 Å². The molecule has 1 aromatic carbocycles. The number of hydrogen-bond donors (Lipinski definition) is 1. The molecule has 0 fully saturated rings. The number of aromatic nitrogens is 3. The molecule has 0 bridgehead atoms. The van der Waals surface area contributed by atoms with Gasteiger partial charge in [-0.05, 0) is 31.0 Å². The van der Waals surface area contributed by atoms with Gasteiger partial charge in [0.2, 0.25) is 0 Å². The molecule has 19 heavy (non-hydrogen) atoms. The van der Waals surface area contributed by atoms with Gasteiger partial charge in [0.15, 0.2) is 0 Å². The topological polar surface area (TPSA) is 85.9 Å². The highest BCUT2D eigenvalue weighted by molar-refractivity contribution is 5.64. The Kier molecular flexibility index (Phi) is 3.46. The van der Waals surface area contributed by atoms with Gasteiger partial charge in [0.05, 0.1) is 11.5 Å². The van der Waals surface area contributed by atoms with Gasteiger partial charge in [-0.2, -0.15) is 0 Å². The Morgan fingerprint density at radius 1 is 1.37 bits per heavy atom. The lowest BCUT2D eigenvalue weighted by Crippen LogP contribution is -2.04. The standard InChI is InChI=1S/C12H15N5O2/c1-8-4-11(12(17(18)19)5-9(8)2)13-6-10-7-16(3)15-14-10/h4-5,7,13H,6H2,1-3H3. The second-order valence-electron chi connectivity index (χ2n) is 4.45. The molecule has 100 valence electrons. The Labute approximate surface area is 110 Å². The van der Waals surface area contributed by atoms with Gasteiger partial charge in [0.25, 0.3) is 5.69 Å². The van der Waals surface area contributed by atoms with Crippen LogP contribution in [0.15, 0.2) is 18.3 Å². The van der Waals surface area contributed by atoms with E-state index in [1.807, 2.05) is 13.8 Å². The summed E-state index contributed by atoms with van der Waals surface area (Å²) in [6, 6.07) is 3.36. The average Bonchev–Trinajstić information content (AvgIpc) is 2.76. The van der Waals surface area contributed by atoms with Gasteiger partial charge in [-0.1, -0.05) is 5.21 Å². The summed E-state index contributed by atoms with van der Waals surface area (Å²) in [5.41, 5.74) is 3.21. The minimum absolute atomic E-state index is 0.0759. The third kappa shape index (κ3) is 2.87. The molecule has 0 saturated heterocycles. The van der Waals surface area contributed by atoms with E-state index in [4.69, 9.17) is 0 Å². The van der Waals surface area contributed by atoms with Gasteiger partial charge in [-0.25, -0.2) is 0 Å². The third-order valence-electron chi connectivity index (χ3n) is 2.92. The van der Waals surface area contributed by atoms with Crippen LogP contribution in [0.5, 0.6) is 0 Å². The lowest BCUT2D eigenvalue weighted by molar-refractivity contribution is -0.384. The fraction of sp³-hybridized carbons (Fsp3) is 0.333. The molecular formula is C12H15N5O2. The van der Waals surface area contributed by atoms with E-state index in [1.165, 1.54) is 0 Å². The Bertz CT molecular complexity index is 621. The molecule has 2 aromatic rings. The van der Waals surface area contributed by atoms with Crippen LogP contribution in [0.2, 0.25) is 0 Å². The van der Waals surface area contributed by atoms with Gasteiger partial charge >= 0.3 is 0 Å². The summed E-state index contributed by atoms with van der Waals surface area (Å²) in [5, 5.41) is 21.8.